The summed E-state index contributed by atoms with van der Waals surface area (Å²) >= 11 is 0. The van der Waals surface area contributed by atoms with Crippen LogP contribution in [-0.2, 0) is 30.0 Å². The second-order valence-corrected chi connectivity index (χ2v) is 13.0. The summed E-state index contributed by atoms with van der Waals surface area (Å²) in [6.07, 6.45) is 0. The van der Waals surface area contributed by atoms with E-state index in [1.54, 1.807) is 0 Å². The molecule has 0 aliphatic carbocycles. The lowest BCUT2D eigenvalue weighted by atomic mass is 9.61. The fourth-order valence-electron chi connectivity index (χ4n) is 4.33. The summed E-state index contributed by atoms with van der Waals surface area (Å²) < 4.78 is 19.2. The van der Waals surface area contributed by atoms with Gasteiger partial charge in [0.25, 0.3) is 0 Å². The molecular weight excluding hydrogens is 441 g/mol. The Kier molecular flexibility index (Phi) is 7.36. The third-order valence-electron chi connectivity index (χ3n) is 6.89. The Labute approximate surface area is 219 Å². The van der Waals surface area contributed by atoms with Gasteiger partial charge < -0.3 is 13.7 Å². The van der Waals surface area contributed by atoms with Crippen LogP contribution in [0.1, 0.15) is 79.0 Å². The van der Waals surface area contributed by atoms with Crippen LogP contribution in [0.4, 0.5) is 0 Å². The molecule has 3 aromatic carbocycles. The Hall–Kier alpha value is -2.27. The molecule has 1 aliphatic rings. The summed E-state index contributed by atoms with van der Waals surface area (Å²) in [6.45, 7) is 20.0. The monoisotopic (exact) mass is 480 g/mol. The van der Waals surface area contributed by atoms with Crippen molar-refractivity contribution in [1.29, 1.82) is 0 Å². The van der Waals surface area contributed by atoms with Gasteiger partial charge in [0.15, 0.2) is 0 Å². The summed E-state index contributed by atoms with van der Waals surface area (Å²) in [5.74, 6) is 0. The maximum atomic E-state index is 6.39. The predicted molar refractivity (Wildman–Crippen MR) is 155 cm³/mol. The van der Waals surface area contributed by atoms with Gasteiger partial charge in [0.1, 0.15) is 0 Å². The van der Waals surface area contributed by atoms with Crippen LogP contribution in [0.5, 0.6) is 0 Å². The molecule has 1 saturated heterocycles. The maximum absolute atomic E-state index is 6.39. The highest BCUT2D eigenvalue weighted by Gasteiger charge is 2.43. The standard InChI is InChI=1S/C30H39B3O3/c1-28(2,3)22-10-16-25(17-11-22)31-34-32(26-18-12-23(13-19-26)29(4,5)6)36-33(35-31)27-20-14-24(15-21-27)30(7,8)9/h10-21H,1-9H3. The lowest BCUT2D eigenvalue weighted by molar-refractivity contribution is 0.308. The quantitative estimate of drug-likeness (QED) is 0.487. The zero-order valence-electron chi connectivity index (χ0n) is 23.4. The zero-order chi connectivity index (χ0) is 26.3. The van der Waals surface area contributed by atoms with E-state index in [9.17, 15) is 0 Å². The number of rotatable bonds is 3. The van der Waals surface area contributed by atoms with E-state index in [1.165, 1.54) is 16.7 Å². The molecule has 0 N–H and O–H groups in total. The Morgan fingerprint density at radius 2 is 0.556 bits per heavy atom. The minimum absolute atomic E-state index is 0.0879. The molecule has 0 bridgehead atoms. The third-order valence-corrected chi connectivity index (χ3v) is 6.89. The molecule has 186 valence electrons. The van der Waals surface area contributed by atoms with Gasteiger partial charge in [-0.1, -0.05) is 135 Å². The van der Waals surface area contributed by atoms with Gasteiger partial charge in [-0.3, -0.25) is 0 Å². The minimum Gasteiger partial charge on any atom is -0.445 e. The fourth-order valence-corrected chi connectivity index (χ4v) is 4.33. The Bertz CT molecular complexity index is 996. The van der Waals surface area contributed by atoms with Crippen molar-refractivity contribution in [2.45, 2.75) is 78.6 Å². The minimum atomic E-state index is -0.535. The molecule has 3 aromatic rings. The second kappa shape index (κ2) is 9.89. The van der Waals surface area contributed by atoms with Crippen molar-refractivity contribution in [3.8, 4) is 0 Å². The zero-order valence-corrected chi connectivity index (χ0v) is 23.4. The van der Waals surface area contributed by atoms with E-state index in [0.717, 1.165) is 16.4 Å². The average Bonchev–Trinajstić information content (AvgIpc) is 2.82. The molecule has 0 aromatic heterocycles. The Morgan fingerprint density at radius 3 is 0.722 bits per heavy atom. The van der Waals surface area contributed by atoms with Crippen LogP contribution < -0.4 is 16.4 Å². The van der Waals surface area contributed by atoms with Crippen molar-refractivity contribution in [3.05, 3.63) is 89.5 Å². The number of hydrogen-bond acceptors (Lipinski definition) is 3. The molecule has 0 spiro atoms. The molecule has 36 heavy (non-hydrogen) atoms. The number of hydrogen-bond donors (Lipinski definition) is 0. The molecule has 3 nitrogen and oxygen atoms in total. The fraction of sp³-hybridized carbons (Fsp3) is 0.400. The molecule has 0 atom stereocenters. The van der Waals surface area contributed by atoms with Gasteiger partial charge in [0, 0.05) is 0 Å². The van der Waals surface area contributed by atoms with Crippen molar-refractivity contribution in [3.63, 3.8) is 0 Å². The van der Waals surface area contributed by atoms with Crippen molar-refractivity contribution < 1.29 is 13.7 Å². The summed E-state index contributed by atoms with van der Waals surface area (Å²) in [5.41, 5.74) is 7.06. The Morgan fingerprint density at radius 1 is 0.361 bits per heavy atom. The number of benzene rings is 3. The van der Waals surface area contributed by atoms with E-state index in [2.05, 4.69) is 135 Å². The second-order valence-electron chi connectivity index (χ2n) is 13.0. The Balaban J connectivity index is 1.65. The van der Waals surface area contributed by atoms with Gasteiger partial charge in [-0.2, -0.15) is 0 Å². The van der Waals surface area contributed by atoms with Crippen molar-refractivity contribution >= 4 is 37.7 Å². The van der Waals surface area contributed by atoms with E-state index in [-0.39, 0.29) is 16.2 Å². The van der Waals surface area contributed by atoms with E-state index in [4.69, 9.17) is 13.7 Å². The molecule has 6 heteroatoms. The van der Waals surface area contributed by atoms with Crippen LogP contribution in [0.2, 0.25) is 0 Å². The highest BCUT2D eigenvalue weighted by atomic mass is 16.7. The smallest absolute Gasteiger partial charge is 0.445 e. The lowest BCUT2D eigenvalue weighted by Gasteiger charge is -2.32. The topological polar surface area (TPSA) is 27.7 Å². The summed E-state index contributed by atoms with van der Waals surface area (Å²) in [4.78, 5) is 0. The van der Waals surface area contributed by atoms with E-state index in [0.29, 0.717) is 0 Å². The lowest BCUT2D eigenvalue weighted by Crippen LogP contribution is -2.61. The van der Waals surface area contributed by atoms with Crippen LogP contribution in [0, 0.1) is 0 Å². The molecular formula is C30H39B3O3. The van der Waals surface area contributed by atoms with Crippen molar-refractivity contribution in [2.75, 3.05) is 0 Å². The predicted octanol–water partition coefficient (Wildman–Crippen LogP) is 5.13. The van der Waals surface area contributed by atoms with Crippen LogP contribution in [0.25, 0.3) is 0 Å². The van der Waals surface area contributed by atoms with Crippen LogP contribution in [-0.4, -0.2) is 21.4 Å². The van der Waals surface area contributed by atoms with Crippen LogP contribution in [0.3, 0.4) is 0 Å². The van der Waals surface area contributed by atoms with Crippen LogP contribution in [0.15, 0.2) is 72.8 Å². The average molecular weight is 480 g/mol. The van der Waals surface area contributed by atoms with Gasteiger partial charge in [0.2, 0.25) is 0 Å². The molecule has 1 heterocycles. The highest BCUT2D eigenvalue weighted by molar-refractivity contribution is 6.87. The van der Waals surface area contributed by atoms with Gasteiger partial charge in [-0.15, -0.1) is 0 Å². The van der Waals surface area contributed by atoms with Crippen LogP contribution >= 0.6 is 0 Å². The molecule has 1 fully saturated rings. The highest BCUT2D eigenvalue weighted by Crippen LogP contribution is 2.24. The van der Waals surface area contributed by atoms with Crippen molar-refractivity contribution in [2.24, 2.45) is 0 Å². The van der Waals surface area contributed by atoms with E-state index in [1.807, 2.05) is 0 Å². The maximum Gasteiger partial charge on any atom is 0.467 e. The molecule has 0 amide bonds. The first-order chi connectivity index (χ1) is 16.7. The van der Waals surface area contributed by atoms with Gasteiger partial charge in [-0.25, -0.2) is 0 Å². The van der Waals surface area contributed by atoms with E-state index < -0.39 is 21.4 Å². The summed E-state index contributed by atoms with van der Waals surface area (Å²) in [7, 11) is -1.60. The molecule has 4 rings (SSSR count). The van der Waals surface area contributed by atoms with Gasteiger partial charge in [0.05, 0.1) is 0 Å². The largest absolute Gasteiger partial charge is 0.467 e. The first kappa shape index (κ1) is 26.8. The normalized spacial score (nSPS) is 15.4. The SMILES string of the molecule is CC(C)(C)c1ccc(B2OB(c3ccc(C(C)(C)C)cc3)OB(c3ccc(C(C)(C)C)cc3)O2)cc1. The third kappa shape index (κ3) is 6.16. The first-order valence-electron chi connectivity index (χ1n) is 13.0. The molecule has 1 aliphatic heterocycles. The van der Waals surface area contributed by atoms with Gasteiger partial charge >= 0.3 is 21.4 Å². The molecule has 0 saturated carbocycles. The summed E-state index contributed by atoms with van der Waals surface area (Å²) in [6, 6.07) is 25.6. The summed E-state index contributed by atoms with van der Waals surface area (Å²) in [5, 5.41) is 0. The van der Waals surface area contributed by atoms with E-state index >= 15 is 0 Å². The first-order valence-corrected chi connectivity index (χ1v) is 13.0. The van der Waals surface area contributed by atoms with Crippen molar-refractivity contribution in [1.82, 2.24) is 0 Å². The molecule has 0 unspecified atom stereocenters. The molecule has 0 radical (unpaired) electrons. The van der Waals surface area contributed by atoms with Gasteiger partial charge in [-0.05, 0) is 49.3 Å².